The molecule has 1 aromatic carbocycles. The molecule has 5 heteroatoms. The van der Waals surface area contributed by atoms with Crippen LogP contribution in [0.1, 0.15) is 53.5 Å². The Hall–Kier alpha value is -1.88. The Bertz CT molecular complexity index is 726. The predicted octanol–water partition coefficient (Wildman–Crippen LogP) is 3.42. The Labute approximate surface area is 157 Å². The number of hydrogen-bond donors (Lipinski definition) is 2. The maximum atomic E-state index is 12.8. The highest BCUT2D eigenvalue weighted by atomic mass is 16.2. The molecule has 5 nitrogen and oxygen atoms in total. The summed E-state index contributed by atoms with van der Waals surface area (Å²) in [4.78, 5) is 19.8. The lowest BCUT2D eigenvalue weighted by molar-refractivity contribution is -0.138. The van der Waals surface area contributed by atoms with Crippen LogP contribution in [0.5, 0.6) is 0 Å². The fraction of sp³-hybridized carbons (Fsp3) is 0.619. The van der Waals surface area contributed by atoms with Crippen LogP contribution >= 0.6 is 0 Å². The van der Waals surface area contributed by atoms with Crippen molar-refractivity contribution >= 4 is 17.4 Å². The number of carbonyl (C=O) groups excluding carboxylic acids is 1. The smallest absolute Gasteiger partial charge is 0.228 e. The van der Waals surface area contributed by atoms with Crippen LogP contribution in [0.15, 0.2) is 29.3 Å². The molecule has 0 bridgehead atoms. The van der Waals surface area contributed by atoms with Gasteiger partial charge in [0.25, 0.3) is 0 Å². The highest BCUT2D eigenvalue weighted by molar-refractivity contribution is 6.04. The molecule has 0 aliphatic carbocycles. The fourth-order valence-corrected chi connectivity index (χ4v) is 3.66. The van der Waals surface area contributed by atoms with Gasteiger partial charge in [-0.15, -0.1) is 0 Å². The zero-order valence-electron chi connectivity index (χ0n) is 16.9. The van der Waals surface area contributed by atoms with Gasteiger partial charge in [0.2, 0.25) is 5.91 Å². The SMILES string of the molecule is CC(C)(C)N=C1Nc2ccccc2CN[C@]12CCN(C(=O)C(C)(C)C)C2. The summed E-state index contributed by atoms with van der Waals surface area (Å²) in [6, 6.07) is 8.34. The number of amidine groups is 1. The van der Waals surface area contributed by atoms with Crippen molar-refractivity contribution in [1.82, 2.24) is 10.2 Å². The number of likely N-dealkylation sites (tertiary alicyclic amines) is 1. The highest BCUT2D eigenvalue weighted by Crippen LogP contribution is 2.32. The maximum absolute atomic E-state index is 12.8. The van der Waals surface area contributed by atoms with E-state index in [0.717, 1.165) is 31.0 Å². The second-order valence-corrected chi connectivity index (χ2v) is 9.58. The molecule has 142 valence electrons. The van der Waals surface area contributed by atoms with Gasteiger partial charge < -0.3 is 10.2 Å². The second-order valence-electron chi connectivity index (χ2n) is 9.58. The van der Waals surface area contributed by atoms with Crippen molar-refractivity contribution in [3.8, 4) is 0 Å². The Morgan fingerprint density at radius 2 is 1.85 bits per heavy atom. The minimum Gasteiger partial charge on any atom is -0.342 e. The van der Waals surface area contributed by atoms with E-state index in [1.807, 2.05) is 31.7 Å². The fourth-order valence-electron chi connectivity index (χ4n) is 3.66. The summed E-state index contributed by atoms with van der Waals surface area (Å²) >= 11 is 0. The molecule has 0 radical (unpaired) electrons. The summed E-state index contributed by atoms with van der Waals surface area (Å²) in [5, 5.41) is 7.33. The number of nitrogens with one attached hydrogen (secondary N) is 2. The second kappa shape index (κ2) is 6.38. The first kappa shape index (κ1) is 18.9. The van der Waals surface area contributed by atoms with Crippen LogP contribution in [0, 0.1) is 5.41 Å². The molecule has 0 unspecified atom stereocenters. The lowest BCUT2D eigenvalue weighted by Gasteiger charge is -2.33. The zero-order valence-corrected chi connectivity index (χ0v) is 16.9. The van der Waals surface area contributed by atoms with Crippen LogP contribution in [0.4, 0.5) is 5.69 Å². The molecule has 0 aromatic heterocycles. The van der Waals surface area contributed by atoms with E-state index in [1.165, 1.54) is 5.56 Å². The zero-order chi connectivity index (χ0) is 19.2. The van der Waals surface area contributed by atoms with Crippen LogP contribution in [0.3, 0.4) is 0 Å². The number of aliphatic imine (C=N–C) groups is 1. The molecule has 2 N–H and O–H groups in total. The van der Waals surface area contributed by atoms with Gasteiger partial charge in [-0.25, -0.2) is 0 Å². The Kier molecular flexibility index (Phi) is 4.63. The van der Waals surface area contributed by atoms with Crippen molar-refractivity contribution in [2.45, 2.75) is 65.6 Å². The normalized spacial score (nSPS) is 25.2. The van der Waals surface area contributed by atoms with Crippen molar-refractivity contribution in [2.24, 2.45) is 10.4 Å². The molecule has 1 amide bonds. The van der Waals surface area contributed by atoms with Gasteiger partial charge >= 0.3 is 0 Å². The highest BCUT2D eigenvalue weighted by Gasteiger charge is 2.47. The van der Waals surface area contributed by atoms with Crippen molar-refractivity contribution in [3.63, 3.8) is 0 Å². The molecular weight excluding hydrogens is 324 g/mol. The number of amides is 1. The number of benzene rings is 1. The summed E-state index contributed by atoms with van der Waals surface area (Å²) < 4.78 is 0. The van der Waals surface area contributed by atoms with Crippen molar-refractivity contribution in [3.05, 3.63) is 29.8 Å². The van der Waals surface area contributed by atoms with E-state index in [9.17, 15) is 4.79 Å². The predicted molar refractivity (Wildman–Crippen MR) is 107 cm³/mol. The molecule has 26 heavy (non-hydrogen) atoms. The first-order chi connectivity index (χ1) is 12.0. The third kappa shape index (κ3) is 3.78. The van der Waals surface area contributed by atoms with E-state index in [-0.39, 0.29) is 22.4 Å². The number of nitrogens with zero attached hydrogens (tertiary/aromatic N) is 2. The molecule has 0 saturated carbocycles. The van der Waals surface area contributed by atoms with Gasteiger partial charge in [-0.05, 0) is 38.8 Å². The van der Waals surface area contributed by atoms with Gasteiger partial charge in [0.05, 0.1) is 11.1 Å². The standard InChI is InChI=1S/C21H32N4O/c1-19(2,3)18(26)25-12-11-21(14-25)17(24-20(4,5)6)23-16-10-8-7-9-15(16)13-22-21/h7-10,22H,11-14H2,1-6H3,(H,23,24)/t21-/m0/s1. The number of anilines is 1. The van der Waals surface area contributed by atoms with Gasteiger partial charge in [0.1, 0.15) is 5.84 Å². The number of hydrogen-bond acceptors (Lipinski definition) is 3. The van der Waals surface area contributed by atoms with E-state index in [1.54, 1.807) is 0 Å². The molecule has 2 heterocycles. The molecule has 2 aliphatic rings. The largest absolute Gasteiger partial charge is 0.342 e. The van der Waals surface area contributed by atoms with Gasteiger partial charge in [-0.3, -0.25) is 15.1 Å². The van der Waals surface area contributed by atoms with E-state index >= 15 is 0 Å². The quantitative estimate of drug-likeness (QED) is 0.749. The Morgan fingerprint density at radius 3 is 2.50 bits per heavy atom. The average molecular weight is 357 g/mol. The molecule has 1 atom stereocenters. The van der Waals surface area contributed by atoms with Gasteiger partial charge in [0, 0.05) is 30.7 Å². The number of carbonyl (C=O) groups is 1. The van der Waals surface area contributed by atoms with Crippen LogP contribution in [0.2, 0.25) is 0 Å². The van der Waals surface area contributed by atoms with Crippen LogP contribution in [-0.2, 0) is 11.3 Å². The summed E-state index contributed by atoms with van der Waals surface area (Å²) in [7, 11) is 0. The lowest BCUT2D eigenvalue weighted by atomic mass is 9.94. The molecular formula is C21H32N4O. The number of rotatable bonds is 0. The minimum absolute atomic E-state index is 0.197. The van der Waals surface area contributed by atoms with Crippen molar-refractivity contribution in [2.75, 3.05) is 18.4 Å². The van der Waals surface area contributed by atoms with Gasteiger partial charge in [0.15, 0.2) is 0 Å². The molecule has 1 saturated heterocycles. The van der Waals surface area contributed by atoms with E-state index < -0.39 is 0 Å². The lowest BCUT2D eigenvalue weighted by Crippen LogP contribution is -2.56. The van der Waals surface area contributed by atoms with E-state index in [4.69, 9.17) is 4.99 Å². The van der Waals surface area contributed by atoms with Crippen molar-refractivity contribution in [1.29, 1.82) is 0 Å². The molecule has 2 aliphatic heterocycles. The first-order valence-corrected chi connectivity index (χ1v) is 9.50. The molecule has 1 aromatic rings. The third-order valence-corrected chi connectivity index (χ3v) is 4.99. The van der Waals surface area contributed by atoms with Gasteiger partial charge in [-0.1, -0.05) is 39.0 Å². The van der Waals surface area contributed by atoms with Crippen LogP contribution in [-0.4, -0.2) is 40.8 Å². The third-order valence-electron chi connectivity index (χ3n) is 4.99. The minimum atomic E-state index is -0.367. The topological polar surface area (TPSA) is 56.7 Å². The molecule has 3 rings (SSSR count). The summed E-state index contributed by atoms with van der Waals surface area (Å²) in [6.07, 6.45) is 0.866. The maximum Gasteiger partial charge on any atom is 0.228 e. The van der Waals surface area contributed by atoms with Crippen LogP contribution < -0.4 is 10.6 Å². The Morgan fingerprint density at radius 1 is 1.15 bits per heavy atom. The number of para-hydroxylation sites is 1. The average Bonchev–Trinajstić information content (AvgIpc) is 2.89. The molecule has 1 fully saturated rings. The Balaban J connectivity index is 1.97. The first-order valence-electron chi connectivity index (χ1n) is 9.50. The summed E-state index contributed by atoms with van der Waals surface area (Å²) in [6.45, 7) is 14.5. The van der Waals surface area contributed by atoms with E-state index in [2.05, 4.69) is 49.6 Å². The van der Waals surface area contributed by atoms with E-state index in [0.29, 0.717) is 6.54 Å². The van der Waals surface area contributed by atoms with Crippen molar-refractivity contribution < 1.29 is 4.79 Å². The monoisotopic (exact) mass is 356 g/mol. The molecule has 1 spiro atoms. The van der Waals surface area contributed by atoms with Crippen LogP contribution in [0.25, 0.3) is 0 Å². The summed E-state index contributed by atoms with van der Waals surface area (Å²) in [5.41, 5.74) is 1.44. The summed E-state index contributed by atoms with van der Waals surface area (Å²) in [5.74, 6) is 1.15. The van der Waals surface area contributed by atoms with Gasteiger partial charge in [-0.2, -0.15) is 0 Å². The number of fused-ring (bicyclic) bond motifs is 1.